The maximum absolute atomic E-state index is 12.8. The van der Waals surface area contributed by atoms with Crippen LogP contribution in [0.4, 0.5) is 5.69 Å². The van der Waals surface area contributed by atoms with Crippen molar-refractivity contribution in [2.45, 2.75) is 13.8 Å². The van der Waals surface area contributed by atoms with Gasteiger partial charge in [0.1, 0.15) is 0 Å². The van der Waals surface area contributed by atoms with Crippen LogP contribution in [0.25, 0.3) is 5.70 Å². The Labute approximate surface area is 137 Å². The summed E-state index contributed by atoms with van der Waals surface area (Å²) in [6.07, 6.45) is 0. The van der Waals surface area contributed by atoms with Crippen LogP contribution >= 0.6 is 7.60 Å². The molecule has 2 aromatic carbocycles. The van der Waals surface area contributed by atoms with E-state index in [-0.39, 0.29) is 0 Å². The summed E-state index contributed by atoms with van der Waals surface area (Å²) in [6.45, 7) is 4.24. The van der Waals surface area contributed by atoms with Gasteiger partial charge in [0.2, 0.25) is 0 Å². The molecule has 0 aliphatic rings. The molecule has 2 rings (SSSR count). The van der Waals surface area contributed by atoms with E-state index < -0.39 is 7.60 Å². The number of hydrogen-bond acceptors (Lipinski definition) is 4. The second-order valence-corrected chi connectivity index (χ2v) is 6.63. The third-order valence-corrected chi connectivity index (χ3v) is 4.85. The first-order valence-corrected chi connectivity index (χ1v) is 9.27. The Morgan fingerprint density at radius 1 is 0.957 bits per heavy atom. The van der Waals surface area contributed by atoms with E-state index in [1.807, 2.05) is 60.7 Å². The Bertz CT molecular complexity index is 661. The molecular weight excluding hydrogens is 309 g/mol. The molecule has 0 bridgehead atoms. The van der Waals surface area contributed by atoms with Gasteiger partial charge in [0.05, 0.1) is 24.7 Å². The zero-order chi connectivity index (χ0) is 16.5. The van der Waals surface area contributed by atoms with Gasteiger partial charge in [-0.2, -0.15) is 0 Å². The van der Waals surface area contributed by atoms with E-state index in [2.05, 4.69) is 5.32 Å². The summed E-state index contributed by atoms with van der Waals surface area (Å²) >= 11 is 0. The molecule has 4 nitrogen and oxygen atoms in total. The smallest absolute Gasteiger partial charge is 0.355 e. The van der Waals surface area contributed by atoms with Crippen LogP contribution in [-0.2, 0) is 13.6 Å². The summed E-state index contributed by atoms with van der Waals surface area (Å²) < 4.78 is 23.6. The highest BCUT2D eigenvalue weighted by molar-refractivity contribution is 7.57. The summed E-state index contributed by atoms with van der Waals surface area (Å²) in [5.41, 5.74) is 2.51. The predicted molar refractivity (Wildman–Crippen MR) is 95.3 cm³/mol. The summed E-state index contributed by atoms with van der Waals surface area (Å²) in [7, 11) is -3.30. The maximum atomic E-state index is 12.8. The lowest BCUT2D eigenvalue weighted by molar-refractivity contribution is 0.229. The quantitative estimate of drug-likeness (QED) is 0.661. The van der Waals surface area contributed by atoms with Crippen molar-refractivity contribution in [3.8, 4) is 0 Å². The Morgan fingerprint density at radius 3 is 2.00 bits per heavy atom. The van der Waals surface area contributed by atoms with Gasteiger partial charge < -0.3 is 14.4 Å². The SMILES string of the molecule is CCOP(=O)(/C=C(/Nc1ccccc1)c1ccccc1)OCC. The van der Waals surface area contributed by atoms with Crippen LogP contribution in [-0.4, -0.2) is 13.2 Å². The molecule has 2 aromatic rings. The van der Waals surface area contributed by atoms with Crippen molar-refractivity contribution in [3.05, 3.63) is 72.0 Å². The molecule has 0 aliphatic carbocycles. The van der Waals surface area contributed by atoms with Gasteiger partial charge in [-0.3, -0.25) is 4.57 Å². The van der Waals surface area contributed by atoms with Gasteiger partial charge >= 0.3 is 7.60 Å². The fraction of sp³-hybridized carbons (Fsp3) is 0.222. The van der Waals surface area contributed by atoms with Crippen molar-refractivity contribution in [2.24, 2.45) is 0 Å². The Hall–Kier alpha value is -1.87. The molecule has 1 N–H and O–H groups in total. The van der Waals surface area contributed by atoms with E-state index in [0.29, 0.717) is 18.9 Å². The minimum absolute atomic E-state index is 0.321. The van der Waals surface area contributed by atoms with Crippen LogP contribution < -0.4 is 5.32 Å². The van der Waals surface area contributed by atoms with Gasteiger partial charge in [-0.15, -0.1) is 0 Å². The fourth-order valence-electron chi connectivity index (χ4n) is 2.10. The zero-order valence-electron chi connectivity index (χ0n) is 13.4. The fourth-order valence-corrected chi connectivity index (χ4v) is 3.58. The van der Waals surface area contributed by atoms with Crippen LogP contribution in [0.3, 0.4) is 0 Å². The molecule has 0 spiro atoms. The van der Waals surface area contributed by atoms with Crippen molar-refractivity contribution < 1.29 is 13.6 Å². The van der Waals surface area contributed by atoms with Crippen molar-refractivity contribution >= 4 is 19.0 Å². The monoisotopic (exact) mass is 331 g/mol. The lowest BCUT2D eigenvalue weighted by Gasteiger charge is -2.17. The second kappa shape index (κ2) is 8.68. The standard InChI is InChI=1S/C18H22NO3P/c1-3-21-23(20,22-4-2)15-18(16-11-7-5-8-12-16)19-17-13-9-6-10-14-17/h5-15,19H,3-4H2,1-2H3/b18-15+. The lowest BCUT2D eigenvalue weighted by atomic mass is 10.1. The average molecular weight is 331 g/mol. The summed E-state index contributed by atoms with van der Waals surface area (Å²) in [4.78, 5) is 0. The highest BCUT2D eigenvalue weighted by Gasteiger charge is 2.22. The first-order chi connectivity index (χ1) is 11.2. The molecule has 0 atom stereocenters. The van der Waals surface area contributed by atoms with Crippen LogP contribution in [0.1, 0.15) is 19.4 Å². The highest BCUT2D eigenvalue weighted by Crippen LogP contribution is 2.51. The number of hydrogen-bond donors (Lipinski definition) is 1. The average Bonchev–Trinajstić information content (AvgIpc) is 2.56. The summed E-state index contributed by atoms with van der Waals surface area (Å²) in [6, 6.07) is 19.4. The van der Waals surface area contributed by atoms with Crippen molar-refractivity contribution in [2.75, 3.05) is 18.5 Å². The van der Waals surface area contributed by atoms with E-state index in [1.165, 1.54) is 0 Å². The van der Waals surface area contributed by atoms with Gasteiger partial charge in [0.25, 0.3) is 0 Å². The van der Waals surface area contributed by atoms with E-state index in [9.17, 15) is 4.57 Å². The number of benzene rings is 2. The Morgan fingerprint density at radius 2 is 1.48 bits per heavy atom. The van der Waals surface area contributed by atoms with Gasteiger partial charge in [-0.1, -0.05) is 48.5 Å². The van der Waals surface area contributed by atoms with Crippen LogP contribution in [0.2, 0.25) is 0 Å². The predicted octanol–water partition coefficient (Wildman–Crippen LogP) is 5.36. The number of anilines is 1. The largest absolute Gasteiger partial charge is 0.356 e. The topological polar surface area (TPSA) is 47.6 Å². The van der Waals surface area contributed by atoms with Gasteiger partial charge in [-0.25, -0.2) is 0 Å². The minimum Gasteiger partial charge on any atom is -0.355 e. The molecule has 122 valence electrons. The highest BCUT2D eigenvalue weighted by atomic mass is 31.2. The summed E-state index contributed by atoms with van der Waals surface area (Å²) in [5, 5.41) is 3.30. The molecule has 0 saturated heterocycles. The van der Waals surface area contributed by atoms with E-state index in [0.717, 1.165) is 11.3 Å². The van der Waals surface area contributed by atoms with E-state index in [1.54, 1.807) is 19.7 Å². The van der Waals surface area contributed by atoms with Crippen molar-refractivity contribution in [3.63, 3.8) is 0 Å². The third kappa shape index (κ3) is 5.36. The molecule has 23 heavy (non-hydrogen) atoms. The minimum atomic E-state index is -3.30. The zero-order valence-corrected chi connectivity index (χ0v) is 14.3. The Kier molecular flexibility index (Phi) is 6.60. The number of para-hydroxylation sites is 1. The molecule has 0 unspecified atom stereocenters. The first-order valence-electron chi connectivity index (χ1n) is 7.66. The molecule has 0 heterocycles. The van der Waals surface area contributed by atoms with Crippen LogP contribution in [0.5, 0.6) is 0 Å². The summed E-state index contributed by atoms with van der Waals surface area (Å²) in [5.74, 6) is 1.56. The molecule has 0 aromatic heterocycles. The van der Waals surface area contributed by atoms with Gasteiger partial charge in [-0.05, 0) is 31.5 Å². The first kappa shape index (κ1) is 17.5. The van der Waals surface area contributed by atoms with Gasteiger partial charge in [0.15, 0.2) is 0 Å². The molecular formula is C18H22NO3P. The Balaban J connectivity index is 2.40. The second-order valence-electron chi connectivity index (χ2n) is 4.78. The molecule has 0 amide bonds. The lowest BCUT2D eigenvalue weighted by Crippen LogP contribution is -2.01. The molecule has 0 saturated carbocycles. The van der Waals surface area contributed by atoms with E-state index >= 15 is 0 Å². The van der Waals surface area contributed by atoms with E-state index in [4.69, 9.17) is 9.05 Å². The van der Waals surface area contributed by atoms with Crippen LogP contribution in [0.15, 0.2) is 66.5 Å². The maximum Gasteiger partial charge on any atom is 0.356 e. The normalized spacial score (nSPS) is 12.2. The molecule has 0 aliphatic heterocycles. The van der Waals surface area contributed by atoms with Crippen LogP contribution in [0, 0.1) is 0 Å². The molecule has 0 radical (unpaired) electrons. The number of nitrogens with one attached hydrogen (secondary N) is 1. The molecule has 5 heteroatoms. The van der Waals surface area contributed by atoms with Crippen molar-refractivity contribution in [1.29, 1.82) is 0 Å². The molecule has 0 fully saturated rings. The number of rotatable bonds is 8. The third-order valence-electron chi connectivity index (χ3n) is 3.04. The van der Waals surface area contributed by atoms with Gasteiger partial charge in [0, 0.05) is 5.69 Å². The van der Waals surface area contributed by atoms with Crippen molar-refractivity contribution in [1.82, 2.24) is 0 Å².